The Morgan fingerprint density at radius 1 is 1.25 bits per heavy atom. The van der Waals surface area contributed by atoms with Crippen LogP contribution in [-0.4, -0.2) is 10.9 Å². The van der Waals surface area contributed by atoms with Gasteiger partial charge in [-0.1, -0.05) is 24.6 Å². The highest BCUT2D eigenvalue weighted by molar-refractivity contribution is 6.30. The van der Waals surface area contributed by atoms with Crippen molar-refractivity contribution in [1.82, 2.24) is 4.98 Å². The van der Waals surface area contributed by atoms with Crippen LogP contribution in [0.4, 0.5) is 17.2 Å². The predicted octanol–water partition coefficient (Wildman–Crippen LogP) is 4.22. The molecule has 0 radical (unpaired) electrons. The van der Waals surface area contributed by atoms with Gasteiger partial charge in [-0.25, -0.2) is 4.98 Å². The van der Waals surface area contributed by atoms with Crippen molar-refractivity contribution in [3.05, 3.63) is 47.6 Å². The van der Waals surface area contributed by atoms with E-state index in [2.05, 4.69) is 15.6 Å². The maximum absolute atomic E-state index is 11.5. The van der Waals surface area contributed by atoms with Crippen LogP contribution in [0.2, 0.25) is 5.02 Å². The number of nitrogens with one attached hydrogen (secondary N) is 2. The molecule has 0 fully saturated rings. The molecule has 2 aromatic rings. The van der Waals surface area contributed by atoms with E-state index < -0.39 is 0 Å². The SMILES string of the molecule is CCCC(=O)Nc1ccc(Nc2cccc(Cl)c2)nc1. The highest BCUT2D eigenvalue weighted by Gasteiger charge is 2.02. The second kappa shape index (κ2) is 6.91. The number of carbonyl (C=O) groups excluding carboxylic acids is 1. The largest absolute Gasteiger partial charge is 0.340 e. The molecule has 104 valence electrons. The number of hydrogen-bond acceptors (Lipinski definition) is 3. The van der Waals surface area contributed by atoms with Crippen LogP contribution in [0.1, 0.15) is 19.8 Å². The molecule has 0 aliphatic rings. The minimum Gasteiger partial charge on any atom is -0.340 e. The lowest BCUT2D eigenvalue weighted by Crippen LogP contribution is -2.10. The molecule has 20 heavy (non-hydrogen) atoms. The Morgan fingerprint density at radius 3 is 2.75 bits per heavy atom. The van der Waals surface area contributed by atoms with Crippen LogP contribution >= 0.6 is 11.6 Å². The smallest absolute Gasteiger partial charge is 0.224 e. The highest BCUT2D eigenvalue weighted by atomic mass is 35.5. The summed E-state index contributed by atoms with van der Waals surface area (Å²) in [4.78, 5) is 15.7. The van der Waals surface area contributed by atoms with E-state index in [9.17, 15) is 4.79 Å². The number of carbonyl (C=O) groups is 1. The van der Waals surface area contributed by atoms with E-state index in [1.165, 1.54) is 0 Å². The highest BCUT2D eigenvalue weighted by Crippen LogP contribution is 2.19. The maximum atomic E-state index is 11.5. The average molecular weight is 290 g/mol. The second-order valence-corrected chi connectivity index (χ2v) is 4.80. The zero-order chi connectivity index (χ0) is 14.4. The third-order valence-electron chi connectivity index (χ3n) is 2.62. The number of halogens is 1. The number of nitrogens with zero attached hydrogens (tertiary/aromatic N) is 1. The molecule has 0 unspecified atom stereocenters. The van der Waals surface area contributed by atoms with Crippen molar-refractivity contribution in [3.63, 3.8) is 0 Å². The lowest BCUT2D eigenvalue weighted by atomic mass is 10.3. The number of anilines is 3. The van der Waals surface area contributed by atoms with E-state index in [0.717, 1.165) is 12.1 Å². The van der Waals surface area contributed by atoms with Gasteiger partial charge in [0.2, 0.25) is 5.91 Å². The van der Waals surface area contributed by atoms with Crippen LogP contribution in [0.3, 0.4) is 0 Å². The van der Waals surface area contributed by atoms with Crippen molar-refractivity contribution in [1.29, 1.82) is 0 Å². The summed E-state index contributed by atoms with van der Waals surface area (Å²) < 4.78 is 0. The molecule has 1 amide bonds. The Kier molecular flexibility index (Phi) is 4.96. The van der Waals surface area contributed by atoms with E-state index in [0.29, 0.717) is 22.9 Å². The first kappa shape index (κ1) is 14.3. The first-order valence-electron chi connectivity index (χ1n) is 6.46. The average Bonchev–Trinajstić information content (AvgIpc) is 2.41. The number of amides is 1. The first-order valence-corrected chi connectivity index (χ1v) is 6.83. The van der Waals surface area contributed by atoms with Gasteiger partial charge >= 0.3 is 0 Å². The van der Waals surface area contributed by atoms with E-state index in [-0.39, 0.29) is 5.91 Å². The van der Waals surface area contributed by atoms with Gasteiger partial charge in [0.1, 0.15) is 5.82 Å². The molecule has 2 N–H and O–H groups in total. The molecule has 1 heterocycles. The fourth-order valence-electron chi connectivity index (χ4n) is 1.71. The van der Waals surface area contributed by atoms with Gasteiger partial charge in [0, 0.05) is 17.1 Å². The normalized spacial score (nSPS) is 10.1. The van der Waals surface area contributed by atoms with E-state index in [1.807, 2.05) is 43.3 Å². The maximum Gasteiger partial charge on any atom is 0.224 e. The Balaban J connectivity index is 1.99. The summed E-state index contributed by atoms with van der Waals surface area (Å²) in [6.07, 6.45) is 2.97. The Morgan fingerprint density at radius 2 is 2.10 bits per heavy atom. The summed E-state index contributed by atoms with van der Waals surface area (Å²) in [5.74, 6) is 0.700. The Bertz CT molecular complexity index is 584. The molecule has 0 atom stereocenters. The third-order valence-corrected chi connectivity index (χ3v) is 2.86. The minimum atomic E-state index is 0.00449. The molecular formula is C15H16ClN3O. The van der Waals surface area contributed by atoms with Crippen LogP contribution in [0.15, 0.2) is 42.6 Å². The molecule has 1 aromatic carbocycles. The van der Waals surface area contributed by atoms with Gasteiger partial charge in [0.05, 0.1) is 11.9 Å². The standard InChI is InChI=1S/C15H16ClN3O/c1-2-4-15(20)19-13-7-8-14(17-10-13)18-12-6-3-5-11(16)9-12/h3,5-10H,2,4H2,1H3,(H,17,18)(H,19,20). The monoisotopic (exact) mass is 289 g/mol. The first-order chi connectivity index (χ1) is 9.67. The summed E-state index contributed by atoms with van der Waals surface area (Å²) in [6.45, 7) is 1.97. The summed E-state index contributed by atoms with van der Waals surface area (Å²) in [5, 5.41) is 6.60. The minimum absolute atomic E-state index is 0.00449. The van der Waals surface area contributed by atoms with Crippen molar-refractivity contribution in [2.45, 2.75) is 19.8 Å². The Hall–Kier alpha value is -2.07. The summed E-state index contributed by atoms with van der Waals surface area (Å²) in [6, 6.07) is 11.0. The van der Waals surface area contributed by atoms with Crippen molar-refractivity contribution in [2.75, 3.05) is 10.6 Å². The molecule has 0 saturated carbocycles. The molecule has 5 heteroatoms. The molecule has 4 nitrogen and oxygen atoms in total. The van der Waals surface area contributed by atoms with Crippen LogP contribution in [0.25, 0.3) is 0 Å². The van der Waals surface area contributed by atoms with Crippen molar-refractivity contribution < 1.29 is 4.79 Å². The lowest BCUT2D eigenvalue weighted by Gasteiger charge is -2.07. The summed E-state index contributed by atoms with van der Waals surface area (Å²) in [7, 11) is 0. The molecule has 0 aliphatic carbocycles. The summed E-state index contributed by atoms with van der Waals surface area (Å²) >= 11 is 5.92. The molecule has 0 spiro atoms. The van der Waals surface area contributed by atoms with Gasteiger partial charge in [-0.2, -0.15) is 0 Å². The second-order valence-electron chi connectivity index (χ2n) is 4.37. The van der Waals surface area contributed by atoms with Gasteiger partial charge in [0.15, 0.2) is 0 Å². The quantitative estimate of drug-likeness (QED) is 0.866. The van der Waals surface area contributed by atoms with E-state index in [4.69, 9.17) is 11.6 Å². The molecular weight excluding hydrogens is 274 g/mol. The predicted molar refractivity (Wildman–Crippen MR) is 82.5 cm³/mol. The lowest BCUT2D eigenvalue weighted by molar-refractivity contribution is -0.116. The van der Waals surface area contributed by atoms with E-state index in [1.54, 1.807) is 6.20 Å². The fraction of sp³-hybridized carbons (Fsp3) is 0.200. The van der Waals surface area contributed by atoms with Gasteiger partial charge in [-0.05, 0) is 36.8 Å². The van der Waals surface area contributed by atoms with Crippen LogP contribution in [0.5, 0.6) is 0 Å². The van der Waals surface area contributed by atoms with Crippen molar-refractivity contribution in [2.24, 2.45) is 0 Å². The number of pyridine rings is 1. The molecule has 2 rings (SSSR count). The molecule has 1 aromatic heterocycles. The zero-order valence-electron chi connectivity index (χ0n) is 11.2. The van der Waals surface area contributed by atoms with Gasteiger partial charge < -0.3 is 10.6 Å². The van der Waals surface area contributed by atoms with Gasteiger partial charge in [-0.15, -0.1) is 0 Å². The van der Waals surface area contributed by atoms with Gasteiger partial charge in [0.25, 0.3) is 0 Å². The van der Waals surface area contributed by atoms with Crippen LogP contribution in [-0.2, 0) is 4.79 Å². The van der Waals surface area contributed by atoms with Crippen LogP contribution in [0, 0.1) is 0 Å². The topological polar surface area (TPSA) is 54.0 Å². The Labute approximate surface area is 123 Å². The number of aromatic nitrogens is 1. The van der Waals surface area contributed by atoms with E-state index >= 15 is 0 Å². The third kappa shape index (κ3) is 4.24. The van der Waals surface area contributed by atoms with Crippen molar-refractivity contribution >= 4 is 34.7 Å². The van der Waals surface area contributed by atoms with Crippen molar-refractivity contribution in [3.8, 4) is 0 Å². The zero-order valence-corrected chi connectivity index (χ0v) is 11.9. The number of hydrogen-bond donors (Lipinski definition) is 2. The fourth-order valence-corrected chi connectivity index (χ4v) is 1.90. The van der Waals surface area contributed by atoms with Gasteiger partial charge in [-0.3, -0.25) is 4.79 Å². The van der Waals surface area contributed by atoms with Crippen LogP contribution < -0.4 is 10.6 Å². The molecule has 0 aliphatic heterocycles. The number of rotatable bonds is 5. The number of benzene rings is 1. The molecule has 0 saturated heterocycles. The molecule has 0 bridgehead atoms. The summed E-state index contributed by atoms with van der Waals surface area (Å²) in [5.41, 5.74) is 1.56.